The number of nitrogens with one attached hydrogen (secondary N) is 1. The first kappa shape index (κ1) is 29.6. The minimum Gasteiger partial charge on any atom is -0.495 e. The van der Waals surface area contributed by atoms with Gasteiger partial charge in [-0.1, -0.05) is 70.4 Å². The number of aliphatic imine (C=N–C) groups is 1. The van der Waals surface area contributed by atoms with Crippen LogP contribution in [0.15, 0.2) is 78.4 Å². The fourth-order valence-corrected chi connectivity index (χ4v) is 7.55. The highest BCUT2D eigenvalue weighted by atomic mass is 28.3. The summed E-state index contributed by atoms with van der Waals surface area (Å²) >= 11 is 0. The molecule has 5 heteroatoms. The maximum absolute atomic E-state index is 9.62. The summed E-state index contributed by atoms with van der Waals surface area (Å²) in [5.74, 6) is 1.00. The standard InChI is InChI=1S/C33H47N3OSi/c1-11-14-26(20-34-25(7)37)17-18-29-27-15-12-13-16-28(27)31-19-30(22(2)3)32(38(8,9)10)21-36(31)33(29)24(6)35-23(4)5/h11-16,19,21-22,26,29,33-34H,6-7,17-18,20H2,1-5,8-10H3/p+1/b14-11-. The van der Waals surface area contributed by atoms with Crippen molar-refractivity contribution < 1.29 is 9.67 Å². The maximum Gasteiger partial charge on any atom is 0.213 e. The molecule has 1 aliphatic rings. The largest absolute Gasteiger partial charge is 0.495 e. The van der Waals surface area contributed by atoms with Crippen LogP contribution < -0.4 is 15.1 Å². The van der Waals surface area contributed by atoms with Crippen LogP contribution in [0.1, 0.15) is 76.5 Å². The summed E-state index contributed by atoms with van der Waals surface area (Å²) in [6, 6.07) is 11.4. The van der Waals surface area contributed by atoms with E-state index in [0.29, 0.717) is 12.5 Å². The average molecular weight is 531 g/mol. The summed E-state index contributed by atoms with van der Waals surface area (Å²) in [7, 11) is -1.61. The van der Waals surface area contributed by atoms with E-state index in [1.54, 1.807) is 0 Å². The Morgan fingerprint density at radius 1 is 1.18 bits per heavy atom. The molecule has 1 aromatic carbocycles. The predicted molar refractivity (Wildman–Crippen MR) is 166 cm³/mol. The Morgan fingerprint density at radius 3 is 2.45 bits per heavy atom. The van der Waals surface area contributed by atoms with E-state index in [2.05, 4.69) is 112 Å². The number of hydrogen-bond acceptors (Lipinski definition) is 3. The Morgan fingerprint density at radius 2 is 1.87 bits per heavy atom. The zero-order valence-corrected chi connectivity index (χ0v) is 25.8. The van der Waals surface area contributed by atoms with Gasteiger partial charge in [-0.2, -0.15) is 4.57 Å². The highest BCUT2D eigenvalue weighted by Gasteiger charge is 2.43. The normalized spacial score (nSPS) is 17.6. The SMILES string of the molecule is C=C(O)NCC(/C=C\C)CCC1c2ccccc2-c2cc(C(C)C)c([Si](C)(C)C)c[n+]2C1C(=C)N=C(C)C. The van der Waals surface area contributed by atoms with Gasteiger partial charge in [-0.3, -0.25) is 4.99 Å². The monoisotopic (exact) mass is 530 g/mol. The molecule has 2 heterocycles. The number of aliphatic hydroxyl groups excluding tert-OH is 1. The van der Waals surface area contributed by atoms with E-state index in [1.165, 1.54) is 27.6 Å². The van der Waals surface area contributed by atoms with Gasteiger partial charge < -0.3 is 10.4 Å². The summed E-state index contributed by atoms with van der Waals surface area (Å²) in [5, 5.41) is 14.2. The third-order valence-electron chi connectivity index (χ3n) is 7.49. The van der Waals surface area contributed by atoms with Gasteiger partial charge in [0.2, 0.25) is 11.7 Å². The number of nitrogens with zero attached hydrogens (tertiary/aromatic N) is 2. The number of pyridine rings is 1. The molecule has 0 bridgehead atoms. The van der Waals surface area contributed by atoms with Crippen LogP contribution in [0.3, 0.4) is 0 Å². The van der Waals surface area contributed by atoms with Gasteiger partial charge in [0.05, 0.1) is 14.0 Å². The average Bonchev–Trinajstić information content (AvgIpc) is 2.83. The molecule has 0 fully saturated rings. The van der Waals surface area contributed by atoms with Crippen LogP contribution in [0.4, 0.5) is 0 Å². The minimum absolute atomic E-state index is 0.0193. The molecule has 1 aliphatic heterocycles. The molecule has 4 nitrogen and oxygen atoms in total. The summed E-state index contributed by atoms with van der Waals surface area (Å²) in [4.78, 5) is 4.94. The molecule has 0 amide bonds. The van der Waals surface area contributed by atoms with Crippen molar-refractivity contribution in [1.29, 1.82) is 0 Å². The van der Waals surface area contributed by atoms with Crippen LogP contribution in [0.5, 0.6) is 0 Å². The summed E-state index contributed by atoms with van der Waals surface area (Å²) in [5.41, 5.74) is 7.35. The Balaban J connectivity index is 2.21. The fourth-order valence-electron chi connectivity index (χ4n) is 5.79. The van der Waals surface area contributed by atoms with Crippen LogP contribution in [-0.2, 0) is 0 Å². The molecule has 1 aromatic heterocycles. The van der Waals surface area contributed by atoms with Crippen LogP contribution in [-0.4, -0.2) is 25.4 Å². The molecule has 2 aromatic rings. The van der Waals surface area contributed by atoms with Gasteiger partial charge in [-0.15, -0.1) is 0 Å². The molecule has 0 radical (unpaired) electrons. The first-order chi connectivity index (χ1) is 17.8. The zero-order valence-electron chi connectivity index (χ0n) is 24.8. The van der Waals surface area contributed by atoms with Gasteiger partial charge in [0.15, 0.2) is 12.1 Å². The van der Waals surface area contributed by atoms with Crippen molar-refractivity contribution in [2.24, 2.45) is 10.9 Å². The maximum atomic E-state index is 9.62. The Hall–Kier alpha value is -2.92. The fraction of sp³-hybridized carbons (Fsp3) is 0.455. The second kappa shape index (κ2) is 12.3. The molecule has 3 atom stereocenters. The van der Waals surface area contributed by atoms with E-state index in [-0.39, 0.29) is 23.8 Å². The van der Waals surface area contributed by atoms with Crippen molar-refractivity contribution in [1.82, 2.24) is 5.32 Å². The number of rotatable bonds is 11. The quantitative estimate of drug-likeness (QED) is 0.104. The number of hydrogen-bond donors (Lipinski definition) is 2. The zero-order chi connectivity index (χ0) is 28.2. The van der Waals surface area contributed by atoms with E-state index in [1.807, 2.05) is 13.8 Å². The van der Waals surface area contributed by atoms with Crippen LogP contribution in [0.25, 0.3) is 11.3 Å². The van der Waals surface area contributed by atoms with E-state index in [4.69, 9.17) is 4.99 Å². The van der Waals surface area contributed by atoms with Gasteiger partial charge in [0.25, 0.3) is 0 Å². The number of benzene rings is 1. The summed E-state index contributed by atoms with van der Waals surface area (Å²) < 4.78 is 2.50. The third-order valence-corrected chi connectivity index (χ3v) is 9.52. The smallest absolute Gasteiger partial charge is 0.213 e. The molecular weight excluding hydrogens is 482 g/mol. The second-order valence-electron chi connectivity index (χ2n) is 12.2. The highest BCUT2D eigenvalue weighted by molar-refractivity contribution is 6.89. The Kier molecular flexibility index (Phi) is 9.58. The molecule has 204 valence electrons. The summed E-state index contributed by atoms with van der Waals surface area (Å²) in [6.07, 6.45) is 8.73. The topological polar surface area (TPSA) is 48.5 Å². The summed E-state index contributed by atoms with van der Waals surface area (Å²) in [6.45, 7) is 26.9. The first-order valence-corrected chi connectivity index (χ1v) is 17.5. The third kappa shape index (κ3) is 6.74. The van der Waals surface area contributed by atoms with Gasteiger partial charge in [-0.25, -0.2) is 0 Å². The number of allylic oxidation sites excluding steroid dienone is 2. The van der Waals surface area contributed by atoms with E-state index in [0.717, 1.165) is 24.3 Å². The van der Waals surface area contributed by atoms with E-state index >= 15 is 0 Å². The van der Waals surface area contributed by atoms with Crippen LogP contribution >= 0.6 is 0 Å². The number of aliphatic hydroxyl groups is 1. The van der Waals surface area contributed by atoms with Gasteiger partial charge in [0.1, 0.15) is 5.70 Å². The molecule has 0 aliphatic carbocycles. The molecule has 0 spiro atoms. The first-order valence-electron chi connectivity index (χ1n) is 14.0. The molecule has 3 unspecified atom stereocenters. The lowest BCUT2D eigenvalue weighted by Gasteiger charge is -2.33. The number of fused-ring (bicyclic) bond motifs is 3. The molecule has 3 rings (SSSR count). The van der Waals surface area contributed by atoms with Crippen molar-refractivity contribution in [2.75, 3.05) is 6.54 Å². The molecule has 2 N–H and O–H groups in total. The molecule has 0 saturated heterocycles. The molecule has 38 heavy (non-hydrogen) atoms. The van der Waals surface area contributed by atoms with Gasteiger partial charge in [0, 0.05) is 29.1 Å². The lowest BCUT2D eigenvalue weighted by Crippen LogP contribution is -2.54. The lowest BCUT2D eigenvalue weighted by molar-refractivity contribution is -0.708. The molecule has 0 saturated carbocycles. The lowest BCUT2D eigenvalue weighted by atomic mass is 9.77. The van der Waals surface area contributed by atoms with Gasteiger partial charge >= 0.3 is 0 Å². The van der Waals surface area contributed by atoms with E-state index in [9.17, 15) is 5.11 Å². The van der Waals surface area contributed by atoms with Crippen molar-refractivity contribution >= 4 is 19.0 Å². The van der Waals surface area contributed by atoms with Crippen molar-refractivity contribution in [3.05, 3.63) is 84.5 Å². The minimum atomic E-state index is -1.61. The second-order valence-corrected chi connectivity index (χ2v) is 17.3. The Labute approximate surface area is 231 Å². The van der Waals surface area contributed by atoms with Gasteiger partial charge in [-0.05, 0) is 69.2 Å². The van der Waals surface area contributed by atoms with E-state index < -0.39 is 8.07 Å². The highest BCUT2D eigenvalue weighted by Crippen LogP contribution is 2.44. The van der Waals surface area contributed by atoms with Crippen LogP contribution in [0, 0.1) is 5.92 Å². The number of aromatic nitrogens is 1. The van der Waals surface area contributed by atoms with Crippen LogP contribution in [0.2, 0.25) is 19.6 Å². The molecular formula is C33H48N3OSi+. The predicted octanol–water partition coefficient (Wildman–Crippen LogP) is 7.53. The van der Waals surface area contributed by atoms with Crippen molar-refractivity contribution in [3.63, 3.8) is 0 Å². The van der Waals surface area contributed by atoms with Crippen molar-refractivity contribution in [2.45, 2.75) is 85.0 Å². The van der Waals surface area contributed by atoms with Crippen molar-refractivity contribution in [3.8, 4) is 11.3 Å². The Bertz CT molecular complexity index is 1230.